The van der Waals surface area contributed by atoms with Crippen molar-refractivity contribution in [2.75, 3.05) is 33.8 Å². The number of benzene rings is 1. The molecule has 1 fully saturated rings. The average Bonchev–Trinajstić information content (AvgIpc) is 2.55. The molecular formula is C19H29FN2O2. The van der Waals surface area contributed by atoms with Crippen molar-refractivity contribution in [2.24, 2.45) is 5.92 Å². The third-order valence-electron chi connectivity index (χ3n) is 4.53. The molecule has 1 saturated heterocycles. The second-order valence-corrected chi connectivity index (χ2v) is 7.07. The molecule has 0 radical (unpaired) electrons. The quantitative estimate of drug-likeness (QED) is 0.800. The molecule has 2 rings (SSSR count). The van der Waals surface area contributed by atoms with Gasteiger partial charge in [0.05, 0.1) is 6.10 Å². The van der Waals surface area contributed by atoms with Gasteiger partial charge in [0, 0.05) is 19.7 Å². The second-order valence-electron chi connectivity index (χ2n) is 7.07. The molecule has 24 heavy (non-hydrogen) atoms. The summed E-state index contributed by atoms with van der Waals surface area (Å²) in [5.41, 5.74) is 0.830. The van der Waals surface area contributed by atoms with Crippen LogP contribution in [-0.2, 0) is 9.53 Å². The maximum Gasteiger partial charge on any atom is 0.244 e. The molecule has 0 aromatic heterocycles. The number of piperidine rings is 1. The maximum absolute atomic E-state index is 13.2. The Bertz CT molecular complexity index is 523. The first-order valence-corrected chi connectivity index (χ1v) is 8.70. The van der Waals surface area contributed by atoms with Gasteiger partial charge in [-0.1, -0.05) is 12.1 Å². The average molecular weight is 336 g/mol. The van der Waals surface area contributed by atoms with Crippen molar-refractivity contribution in [1.82, 2.24) is 9.80 Å². The molecule has 0 bridgehead atoms. The van der Waals surface area contributed by atoms with Gasteiger partial charge in [-0.25, -0.2) is 4.39 Å². The molecule has 0 saturated carbocycles. The number of rotatable bonds is 6. The molecule has 134 valence electrons. The van der Waals surface area contributed by atoms with Gasteiger partial charge in [-0.05, 0) is 64.4 Å². The molecular weight excluding hydrogens is 307 g/mol. The van der Waals surface area contributed by atoms with Crippen molar-refractivity contribution in [3.8, 4) is 0 Å². The summed E-state index contributed by atoms with van der Waals surface area (Å²) in [4.78, 5) is 16.8. The molecule has 1 aromatic carbocycles. The maximum atomic E-state index is 13.2. The fraction of sp³-hybridized carbons (Fsp3) is 0.632. The van der Waals surface area contributed by atoms with Crippen LogP contribution in [0.4, 0.5) is 4.39 Å². The summed E-state index contributed by atoms with van der Waals surface area (Å²) in [6.07, 6.45) is 2.20. The Balaban J connectivity index is 1.97. The third kappa shape index (κ3) is 5.02. The molecule has 5 heteroatoms. The zero-order valence-corrected chi connectivity index (χ0v) is 15.2. The Kier molecular flexibility index (Phi) is 6.75. The van der Waals surface area contributed by atoms with Gasteiger partial charge in [-0.2, -0.15) is 0 Å². The fourth-order valence-corrected chi connectivity index (χ4v) is 3.13. The number of ether oxygens (including phenoxy) is 1. The van der Waals surface area contributed by atoms with Crippen LogP contribution in [0.1, 0.15) is 38.3 Å². The molecule has 0 N–H and O–H groups in total. The summed E-state index contributed by atoms with van der Waals surface area (Å²) in [6, 6.07) is 5.85. The summed E-state index contributed by atoms with van der Waals surface area (Å²) in [6.45, 7) is 6.38. The van der Waals surface area contributed by atoms with E-state index in [9.17, 15) is 9.18 Å². The number of carbonyl (C=O) groups excluding carboxylic acids is 1. The number of carbonyl (C=O) groups is 1. The molecule has 1 unspecified atom stereocenters. The highest BCUT2D eigenvalue weighted by Crippen LogP contribution is 2.25. The minimum atomic E-state index is -0.367. The van der Waals surface area contributed by atoms with Gasteiger partial charge in [0.15, 0.2) is 0 Å². The van der Waals surface area contributed by atoms with Crippen LogP contribution in [-0.4, -0.2) is 55.6 Å². The molecule has 1 aliphatic rings. The molecule has 1 amide bonds. The largest absolute Gasteiger partial charge is 0.379 e. The van der Waals surface area contributed by atoms with E-state index in [0.717, 1.165) is 38.1 Å². The van der Waals surface area contributed by atoms with Crippen LogP contribution in [0.15, 0.2) is 24.3 Å². The summed E-state index contributed by atoms with van der Waals surface area (Å²) in [7, 11) is 3.77. The Hall–Kier alpha value is -1.46. The van der Waals surface area contributed by atoms with E-state index >= 15 is 0 Å². The number of amides is 1. The minimum absolute atomic E-state index is 0.0924. The van der Waals surface area contributed by atoms with E-state index in [-0.39, 0.29) is 23.9 Å². The van der Waals surface area contributed by atoms with Gasteiger partial charge in [0.25, 0.3) is 0 Å². The highest BCUT2D eigenvalue weighted by molar-refractivity contribution is 5.83. The van der Waals surface area contributed by atoms with E-state index in [2.05, 4.69) is 0 Å². The first-order valence-electron chi connectivity index (χ1n) is 8.70. The van der Waals surface area contributed by atoms with Gasteiger partial charge in [-0.15, -0.1) is 0 Å². The lowest BCUT2D eigenvalue weighted by Crippen LogP contribution is -2.45. The van der Waals surface area contributed by atoms with E-state index in [1.165, 1.54) is 12.1 Å². The lowest BCUT2D eigenvalue weighted by atomic mass is 9.96. The number of hydrogen-bond donors (Lipinski definition) is 0. The van der Waals surface area contributed by atoms with Crippen molar-refractivity contribution in [3.05, 3.63) is 35.6 Å². The van der Waals surface area contributed by atoms with Crippen molar-refractivity contribution in [1.29, 1.82) is 0 Å². The Morgan fingerprint density at radius 1 is 1.25 bits per heavy atom. The van der Waals surface area contributed by atoms with Crippen LogP contribution in [0.3, 0.4) is 0 Å². The highest BCUT2D eigenvalue weighted by Gasteiger charge is 2.30. The van der Waals surface area contributed by atoms with E-state index in [1.54, 1.807) is 12.1 Å². The van der Waals surface area contributed by atoms with Crippen molar-refractivity contribution in [2.45, 2.75) is 38.8 Å². The SMILES string of the molecule is CC(C)OCC1CCN(C(=O)C(c2ccc(F)cc2)N(C)C)CC1. The molecule has 4 nitrogen and oxygen atoms in total. The van der Waals surface area contributed by atoms with Crippen LogP contribution in [0.5, 0.6) is 0 Å². The summed E-state index contributed by atoms with van der Waals surface area (Å²) < 4.78 is 18.9. The van der Waals surface area contributed by atoms with E-state index in [1.807, 2.05) is 37.7 Å². The first-order chi connectivity index (χ1) is 11.4. The van der Waals surface area contributed by atoms with Crippen molar-refractivity contribution >= 4 is 5.91 Å². The number of halogens is 1. The summed E-state index contributed by atoms with van der Waals surface area (Å²) in [5.74, 6) is 0.338. The smallest absolute Gasteiger partial charge is 0.244 e. The molecule has 0 aliphatic carbocycles. The van der Waals surface area contributed by atoms with Crippen LogP contribution in [0.2, 0.25) is 0 Å². The predicted octanol–water partition coefficient (Wildman–Crippen LogP) is 3.09. The van der Waals surface area contributed by atoms with Crippen molar-refractivity contribution < 1.29 is 13.9 Å². The van der Waals surface area contributed by atoms with Gasteiger partial charge in [0.1, 0.15) is 11.9 Å². The topological polar surface area (TPSA) is 32.8 Å². The monoisotopic (exact) mass is 336 g/mol. The zero-order valence-electron chi connectivity index (χ0n) is 15.2. The van der Waals surface area contributed by atoms with E-state index < -0.39 is 0 Å². The van der Waals surface area contributed by atoms with E-state index in [4.69, 9.17) is 4.74 Å². The molecule has 1 aliphatic heterocycles. The predicted molar refractivity (Wildman–Crippen MR) is 93.2 cm³/mol. The van der Waals surface area contributed by atoms with E-state index in [0.29, 0.717) is 5.92 Å². The Labute approximate surface area is 144 Å². The van der Waals surface area contributed by atoms with Crippen LogP contribution in [0, 0.1) is 11.7 Å². The standard InChI is InChI=1S/C19H29FN2O2/c1-14(2)24-13-15-9-11-22(12-10-15)19(23)18(21(3)4)16-5-7-17(20)8-6-16/h5-8,14-15,18H,9-13H2,1-4H3. The normalized spacial score (nSPS) is 17.5. The molecule has 1 heterocycles. The number of likely N-dealkylation sites (tertiary alicyclic amines) is 1. The number of hydrogen-bond acceptors (Lipinski definition) is 3. The lowest BCUT2D eigenvalue weighted by Gasteiger charge is -2.36. The third-order valence-corrected chi connectivity index (χ3v) is 4.53. The van der Waals surface area contributed by atoms with Gasteiger partial charge in [-0.3, -0.25) is 9.69 Å². The molecule has 1 aromatic rings. The van der Waals surface area contributed by atoms with Crippen LogP contribution < -0.4 is 0 Å². The number of nitrogens with zero attached hydrogens (tertiary/aromatic N) is 2. The molecule has 1 atom stereocenters. The summed E-state index contributed by atoms with van der Waals surface area (Å²) in [5, 5.41) is 0. The fourth-order valence-electron chi connectivity index (χ4n) is 3.13. The summed E-state index contributed by atoms with van der Waals surface area (Å²) >= 11 is 0. The Morgan fingerprint density at radius 2 is 1.83 bits per heavy atom. The lowest BCUT2D eigenvalue weighted by molar-refractivity contribution is -0.138. The highest BCUT2D eigenvalue weighted by atomic mass is 19.1. The van der Waals surface area contributed by atoms with Crippen LogP contribution in [0.25, 0.3) is 0 Å². The van der Waals surface area contributed by atoms with Gasteiger partial charge in [0.2, 0.25) is 5.91 Å². The first kappa shape index (κ1) is 18.9. The minimum Gasteiger partial charge on any atom is -0.379 e. The Morgan fingerprint density at radius 3 is 2.33 bits per heavy atom. The van der Waals surface area contributed by atoms with Gasteiger partial charge < -0.3 is 9.64 Å². The molecule has 0 spiro atoms. The van der Waals surface area contributed by atoms with Crippen molar-refractivity contribution in [3.63, 3.8) is 0 Å². The van der Waals surface area contributed by atoms with Gasteiger partial charge >= 0.3 is 0 Å². The number of likely N-dealkylation sites (N-methyl/N-ethyl adjacent to an activating group) is 1. The second kappa shape index (κ2) is 8.58. The zero-order chi connectivity index (χ0) is 17.7. The van der Waals surface area contributed by atoms with Crippen LogP contribution >= 0.6 is 0 Å².